The molecule has 16 nitrogen and oxygen atoms in total. The lowest BCUT2D eigenvalue weighted by Gasteiger charge is -2.60. The summed E-state index contributed by atoms with van der Waals surface area (Å²) in [7, 11) is 0. The minimum Gasteiger partial charge on any atom is -0.475 e. The van der Waals surface area contributed by atoms with E-state index in [1.807, 2.05) is 6.20 Å². The number of aromatic nitrogens is 4. The number of fused-ring (bicyclic) bond motifs is 16. The lowest BCUT2D eigenvalue weighted by atomic mass is 9.45. The highest BCUT2D eigenvalue weighted by atomic mass is 16.5. The number of carbonyl (C=O) groups is 4. The average Bonchev–Trinajstić information content (AvgIpc) is 4.37. The number of aliphatic imine (C=N–C) groups is 2. The van der Waals surface area contributed by atoms with E-state index in [0.717, 1.165) is 95.8 Å². The summed E-state index contributed by atoms with van der Waals surface area (Å²) in [5, 5.41) is 33.5. The number of esters is 2. The summed E-state index contributed by atoms with van der Waals surface area (Å²) >= 11 is 0. The van der Waals surface area contributed by atoms with Crippen LogP contribution in [0.25, 0.3) is 12.2 Å². The Kier molecular flexibility index (Phi) is 13.2. The van der Waals surface area contributed by atoms with Gasteiger partial charge in [-0.3, -0.25) is 28.5 Å². The molecule has 6 saturated carbocycles. The van der Waals surface area contributed by atoms with Crippen LogP contribution in [0, 0.1) is 57.2 Å². The predicted octanol–water partition coefficient (Wildman–Crippen LogP) is 8.27. The Bertz CT molecular complexity index is 2850. The Morgan fingerprint density at radius 2 is 1.20 bits per heavy atom. The fourth-order valence-electron chi connectivity index (χ4n) is 18.7. The van der Waals surface area contributed by atoms with Crippen molar-refractivity contribution >= 4 is 47.5 Å². The lowest BCUT2D eigenvalue weighted by Crippen LogP contribution is -2.62. The van der Waals surface area contributed by atoms with Gasteiger partial charge in [-0.15, -0.1) is 0 Å². The number of hydrogen-bond acceptors (Lipinski definition) is 14. The molecule has 0 aromatic carbocycles. The topological polar surface area (TPSA) is 206 Å². The molecule has 2 aromatic heterocycles. The molecule has 76 heavy (non-hydrogen) atoms. The van der Waals surface area contributed by atoms with E-state index in [1.54, 1.807) is 13.8 Å². The quantitative estimate of drug-likeness (QED) is 0.193. The van der Waals surface area contributed by atoms with Gasteiger partial charge in [0.2, 0.25) is 11.6 Å². The van der Waals surface area contributed by atoms with Crippen molar-refractivity contribution in [1.29, 1.82) is 0 Å². The van der Waals surface area contributed by atoms with Crippen LogP contribution >= 0.6 is 0 Å². The zero-order valence-corrected chi connectivity index (χ0v) is 46.7. The maximum absolute atomic E-state index is 13.8. The highest BCUT2D eigenvalue weighted by molar-refractivity contribution is 5.98. The van der Waals surface area contributed by atoms with Crippen LogP contribution in [0.5, 0.6) is 0 Å². The van der Waals surface area contributed by atoms with Gasteiger partial charge in [-0.05, 0) is 147 Å². The molecule has 2 aromatic rings. The van der Waals surface area contributed by atoms with Crippen molar-refractivity contribution in [3.05, 3.63) is 46.1 Å². The largest absolute Gasteiger partial charge is 0.475 e. The fraction of sp³-hybridized carbons (Fsp3) is 0.733. The highest BCUT2D eigenvalue weighted by Crippen LogP contribution is 2.71. The molecule has 0 amide bonds. The van der Waals surface area contributed by atoms with Crippen LogP contribution in [0.3, 0.4) is 0 Å². The summed E-state index contributed by atoms with van der Waals surface area (Å²) in [6.45, 7) is 20.8. The number of allylic oxidation sites excluding steroid dienone is 2. The van der Waals surface area contributed by atoms with Crippen LogP contribution in [-0.4, -0.2) is 114 Å². The molecule has 6 fully saturated rings. The van der Waals surface area contributed by atoms with Crippen LogP contribution < -0.4 is 0 Å². The zero-order chi connectivity index (χ0) is 54.1. The third kappa shape index (κ3) is 7.68. The van der Waals surface area contributed by atoms with Gasteiger partial charge in [-0.2, -0.15) is 10.2 Å². The number of aryl methyl sites for hydroxylation is 2. The first-order valence-corrected chi connectivity index (χ1v) is 28.8. The molecule has 4 heterocycles. The minimum atomic E-state index is -1.12. The number of ketones is 2. The van der Waals surface area contributed by atoms with Gasteiger partial charge in [0, 0.05) is 57.8 Å². The number of nitrogens with zero attached hydrogens (tertiary/aromatic N) is 6. The smallest absolute Gasteiger partial charge is 0.303 e. The lowest BCUT2D eigenvalue weighted by molar-refractivity contribution is -0.156. The van der Waals surface area contributed by atoms with Crippen molar-refractivity contribution in [2.75, 3.05) is 13.2 Å². The Morgan fingerprint density at radius 3 is 1.70 bits per heavy atom. The SMILES string of the molecule is CCCCn1cc2c(n1)C=C1CC[C@@H]3[C@H]([C@@H](O)C[C@@]4(C)[C@H]3C[C@H]3OC(C)=N[C@]34C(=O)COC(C)=O)[C@@]1(C)C2.CCCCn1ncc2c1C=C1CC[C@@H]3[C@H]([C@@H](O)C[C@@]4(C)[C@H]3C[C@H]3OC(C)=N[C@]34C(=O)COC(C)=O)[C@@]1(C)C2. The highest BCUT2D eigenvalue weighted by Gasteiger charge is 2.76. The van der Waals surface area contributed by atoms with Crippen molar-refractivity contribution in [2.45, 2.75) is 208 Å². The molecule has 2 N–H and O–H groups in total. The number of hydrogen-bond donors (Lipinski definition) is 2. The van der Waals surface area contributed by atoms with Crippen LogP contribution in [0.15, 0.2) is 33.5 Å². The maximum Gasteiger partial charge on any atom is 0.303 e. The van der Waals surface area contributed by atoms with E-state index in [2.05, 4.69) is 69.3 Å². The van der Waals surface area contributed by atoms with Gasteiger partial charge in [0.15, 0.2) is 36.1 Å². The van der Waals surface area contributed by atoms with E-state index < -0.39 is 46.1 Å². The van der Waals surface area contributed by atoms with Gasteiger partial charge < -0.3 is 29.2 Å². The van der Waals surface area contributed by atoms with Gasteiger partial charge in [0.1, 0.15) is 12.2 Å². The van der Waals surface area contributed by atoms with Crippen LogP contribution in [0.2, 0.25) is 0 Å². The standard InChI is InChI=1S/2C30H41N3O5/c1-6-7-10-33-15-19-13-28(4)20(11-23(19)32-33)8-9-21-22-12-26-30(31-17(2)38-26,25(36)16-37-18(3)34)29(22,5)14-24(35)27(21)28;1-6-7-10-33-23-11-20-8-9-21-22-12-26-30(32-17(2)38-26,25(36)16-37-18(3)34)29(22,5)14-24(35)27(21)28(20,4)13-19(23)15-31-33/h2*11,15,21-22,24,26-27,35H,6-10,12-14,16H2,1-5H3/t2*21-,22-,24-,26+,27+,28-,29-,30+/m00/s1. The number of aliphatic hydroxyl groups is 2. The molecule has 16 heteroatoms. The molecule has 0 radical (unpaired) electrons. The second-order valence-corrected chi connectivity index (χ2v) is 25.7. The molecule has 10 aliphatic rings. The molecule has 16 atom stereocenters. The number of unbranched alkanes of at least 4 members (excludes halogenated alkanes) is 2. The first kappa shape index (κ1) is 53.1. The van der Waals surface area contributed by atoms with Gasteiger partial charge >= 0.3 is 11.9 Å². The summed E-state index contributed by atoms with van der Waals surface area (Å²) in [4.78, 5) is 60.3. The van der Waals surface area contributed by atoms with Gasteiger partial charge in [0.05, 0.1) is 29.8 Å². The van der Waals surface area contributed by atoms with E-state index in [0.29, 0.717) is 24.6 Å². The number of rotatable bonds is 12. The fourth-order valence-corrected chi connectivity index (χ4v) is 18.7. The number of carbonyl (C=O) groups excluding carboxylic acids is 4. The second kappa shape index (κ2) is 18.9. The normalized spacial score (nSPS) is 40.5. The maximum atomic E-state index is 13.8. The summed E-state index contributed by atoms with van der Waals surface area (Å²) in [6, 6.07) is 0. The summed E-state index contributed by atoms with van der Waals surface area (Å²) in [5.41, 5.74) is 4.00. The molecule has 0 bridgehead atoms. The molecule has 0 spiro atoms. The van der Waals surface area contributed by atoms with Crippen LogP contribution in [-0.2, 0) is 64.1 Å². The van der Waals surface area contributed by atoms with E-state index in [4.69, 9.17) is 39.1 Å². The third-order valence-electron chi connectivity index (χ3n) is 21.7. The third-order valence-corrected chi connectivity index (χ3v) is 21.7. The number of ether oxygens (including phenoxy) is 4. The Labute approximate surface area is 447 Å². The molecule has 412 valence electrons. The minimum absolute atomic E-state index is 0.0947. The Balaban J connectivity index is 0.000000162. The Morgan fingerprint density at radius 1 is 0.711 bits per heavy atom. The molecular weight excluding hydrogens is 965 g/mol. The summed E-state index contributed by atoms with van der Waals surface area (Å²) < 4.78 is 27.0. The van der Waals surface area contributed by atoms with Gasteiger partial charge in [-0.25, -0.2) is 9.98 Å². The molecule has 12 rings (SSSR count). The second-order valence-electron chi connectivity index (χ2n) is 25.7. The summed E-state index contributed by atoms with van der Waals surface area (Å²) in [5.74, 6) is 0.686. The van der Waals surface area contributed by atoms with Crippen molar-refractivity contribution in [3.63, 3.8) is 0 Å². The first-order chi connectivity index (χ1) is 36.1. The van der Waals surface area contributed by atoms with E-state index >= 15 is 0 Å². The van der Waals surface area contributed by atoms with Crippen molar-refractivity contribution in [2.24, 2.45) is 67.2 Å². The Hall–Kier alpha value is -4.96. The predicted molar refractivity (Wildman–Crippen MR) is 285 cm³/mol. The van der Waals surface area contributed by atoms with Crippen LogP contribution in [0.4, 0.5) is 0 Å². The molecule has 0 saturated heterocycles. The van der Waals surface area contributed by atoms with Crippen molar-refractivity contribution in [1.82, 2.24) is 19.6 Å². The zero-order valence-electron chi connectivity index (χ0n) is 46.7. The van der Waals surface area contributed by atoms with Gasteiger partial charge in [-0.1, -0.05) is 65.5 Å². The monoisotopic (exact) mass is 1050 g/mol. The van der Waals surface area contributed by atoms with E-state index in [-0.39, 0.29) is 83.3 Å². The van der Waals surface area contributed by atoms with Gasteiger partial charge in [0.25, 0.3) is 0 Å². The van der Waals surface area contributed by atoms with Crippen molar-refractivity contribution < 1.29 is 48.3 Å². The van der Waals surface area contributed by atoms with Crippen molar-refractivity contribution in [3.8, 4) is 0 Å². The molecule has 2 aliphatic heterocycles. The van der Waals surface area contributed by atoms with Crippen LogP contribution in [0.1, 0.15) is 169 Å². The molecular formula is C60H82N6O10. The number of Topliss-reactive ketones (excluding diaryl/α,β-unsaturated/α-hetero) is 2. The first-order valence-electron chi connectivity index (χ1n) is 28.8. The number of aliphatic hydroxyl groups excluding tert-OH is 2. The van der Waals surface area contributed by atoms with E-state index in [9.17, 15) is 29.4 Å². The summed E-state index contributed by atoms with van der Waals surface area (Å²) in [6.07, 6.45) is 19.6. The van der Waals surface area contributed by atoms with E-state index in [1.165, 1.54) is 41.8 Å². The molecule has 0 unspecified atom stereocenters. The molecule has 8 aliphatic carbocycles. The average molecular weight is 1050 g/mol.